The van der Waals surface area contributed by atoms with Gasteiger partial charge < -0.3 is 19.7 Å². The zero-order valence-corrected chi connectivity index (χ0v) is 24.0. The summed E-state index contributed by atoms with van der Waals surface area (Å²) in [4.78, 5) is 27.8. The van der Waals surface area contributed by atoms with E-state index in [0.29, 0.717) is 10.8 Å². The fourth-order valence-electron chi connectivity index (χ4n) is 3.92. The van der Waals surface area contributed by atoms with Crippen LogP contribution in [0.25, 0.3) is 0 Å². The maximum absolute atomic E-state index is 14.0. The van der Waals surface area contributed by atoms with Crippen molar-refractivity contribution >= 4 is 39.1 Å². The molecule has 0 aliphatic heterocycles. The molecule has 0 spiro atoms. The average Bonchev–Trinajstić information content (AvgIpc) is 2.94. The molecule has 1 N–H and O–H groups in total. The molecule has 0 aliphatic carbocycles. The van der Waals surface area contributed by atoms with E-state index in [1.165, 1.54) is 44.4 Å². The Balaban J connectivity index is 2.12. The number of sulfonamides is 1. The second-order valence-corrected chi connectivity index (χ2v) is 11.1. The fourth-order valence-corrected chi connectivity index (χ4v) is 5.46. The first kappa shape index (κ1) is 29.8. The number of carbonyl (C=O) groups excluding carboxylic acids is 2. The van der Waals surface area contributed by atoms with Crippen LogP contribution in [0.3, 0.4) is 0 Å². The molecule has 0 saturated heterocycles. The molecule has 2 amide bonds. The molecule has 1 atom stereocenters. The summed E-state index contributed by atoms with van der Waals surface area (Å²) < 4.78 is 39.8. The molecule has 1 unspecified atom stereocenters. The van der Waals surface area contributed by atoms with Crippen LogP contribution in [0.5, 0.6) is 11.5 Å². The van der Waals surface area contributed by atoms with Gasteiger partial charge in [-0.25, -0.2) is 8.42 Å². The molecule has 0 bridgehead atoms. The largest absolute Gasteiger partial charge is 0.497 e. The Morgan fingerprint density at radius 1 is 0.974 bits per heavy atom. The van der Waals surface area contributed by atoms with Gasteiger partial charge >= 0.3 is 0 Å². The number of hydrogen-bond donors (Lipinski definition) is 1. The Morgan fingerprint density at radius 2 is 1.62 bits per heavy atom. The number of amides is 2. The lowest BCUT2D eigenvalue weighted by atomic mass is 10.1. The topological polar surface area (TPSA) is 105 Å². The number of halogens is 1. The molecule has 0 saturated carbocycles. The molecule has 0 aliphatic rings. The standard InChI is InChI=1S/C28H32ClN3O6S/c1-19-6-13-24(14-7-19)39(35,36)32(25-16-23(37-4)12-15-26(25)38-5)18-27(33)31(20(2)28(34)30-3)17-21-8-10-22(29)11-9-21/h6-16,20H,17-18H2,1-5H3,(H,30,34). The van der Waals surface area contributed by atoms with Crippen molar-refractivity contribution in [3.8, 4) is 11.5 Å². The summed E-state index contributed by atoms with van der Waals surface area (Å²) in [5, 5.41) is 3.08. The smallest absolute Gasteiger partial charge is 0.264 e. The molecule has 3 aromatic rings. The molecule has 3 aromatic carbocycles. The van der Waals surface area contributed by atoms with Crippen LogP contribution < -0.4 is 19.1 Å². The quantitative estimate of drug-likeness (QED) is 0.371. The van der Waals surface area contributed by atoms with Crippen LogP contribution >= 0.6 is 11.6 Å². The van der Waals surface area contributed by atoms with E-state index < -0.39 is 34.4 Å². The van der Waals surface area contributed by atoms with Crippen LogP contribution in [0, 0.1) is 6.92 Å². The number of ether oxygens (including phenoxy) is 2. The number of rotatable bonds is 11. The van der Waals surface area contributed by atoms with Gasteiger partial charge in [-0.2, -0.15) is 0 Å². The highest BCUT2D eigenvalue weighted by Gasteiger charge is 2.34. The maximum Gasteiger partial charge on any atom is 0.264 e. The second-order valence-electron chi connectivity index (χ2n) is 8.80. The van der Waals surface area contributed by atoms with Crippen LogP contribution in [-0.2, 0) is 26.2 Å². The van der Waals surface area contributed by atoms with E-state index in [2.05, 4.69) is 5.32 Å². The SMILES string of the molecule is CNC(=O)C(C)N(Cc1ccc(Cl)cc1)C(=O)CN(c1cc(OC)ccc1OC)S(=O)(=O)c1ccc(C)cc1. The maximum atomic E-state index is 14.0. The van der Waals surface area contributed by atoms with Gasteiger partial charge in [-0.05, 0) is 55.8 Å². The Labute approximate surface area is 234 Å². The van der Waals surface area contributed by atoms with Crippen molar-refractivity contribution in [1.82, 2.24) is 10.2 Å². The number of nitrogens with one attached hydrogen (secondary N) is 1. The molecule has 0 radical (unpaired) electrons. The molecule has 9 nitrogen and oxygen atoms in total. The first-order chi connectivity index (χ1) is 18.5. The minimum atomic E-state index is -4.25. The van der Waals surface area contributed by atoms with Crippen molar-refractivity contribution in [2.24, 2.45) is 0 Å². The van der Waals surface area contributed by atoms with E-state index in [1.807, 2.05) is 6.92 Å². The lowest BCUT2D eigenvalue weighted by molar-refractivity contribution is -0.139. The molecule has 0 aromatic heterocycles. The van der Waals surface area contributed by atoms with Crippen molar-refractivity contribution in [3.63, 3.8) is 0 Å². The first-order valence-electron chi connectivity index (χ1n) is 12.1. The summed E-state index contributed by atoms with van der Waals surface area (Å²) in [5.41, 5.74) is 1.71. The molecule has 208 valence electrons. The van der Waals surface area contributed by atoms with Gasteiger partial charge in [0.25, 0.3) is 10.0 Å². The van der Waals surface area contributed by atoms with E-state index in [4.69, 9.17) is 21.1 Å². The summed E-state index contributed by atoms with van der Waals surface area (Å²) >= 11 is 6.01. The van der Waals surface area contributed by atoms with Gasteiger partial charge in [0.15, 0.2) is 0 Å². The van der Waals surface area contributed by atoms with Crippen molar-refractivity contribution in [2.45, 2.75) is 31.3 Å². The number of nitrogens with zero attached hydrogens (tertiary/aromatic N) is 2. The van der Waals surface area contributed by atoms with Gasteiger partial charge in [0.1, 0.15) is 24.1 Å². The fraction of sp³-hybridized carbons (Fsp3) is 0.286. The minimum absolute atomic E-state index is 0.00521. The monoisotopic (exact) mass is 573 g/mol. The highest BCUT2D eigenvalue weighted by Crippen LogP contribution is 2.36. The van der Waals surface area contributed by atoms with Crippen LogP contribution in [0.15, 0.2) is 71.6 Å². The second kappa shape index (κ2) is 12.9. The van der Waals surface area contributed by atoms with Gasteiger partial charge in [-0.1, -0.05) is 41.4 Å². The van der Waals surface area contributed by atoms with Crippen molar-refractivity contribution in [2.75, 3.05) is 32.1 Å². The molecular formula is C28H32ClN3O6S. The molecule has 3 rings (SSSR count). The van der Waals surface area contributed by atoms with E-state index in [9.17, 15) is 18.0 Å². The number of anilines is 1. The third kappa shape index (κ3) is 7.01. The van der Waals surface area contributed by atoms with Crippen LogP contribution in [0.1, 0.15) is 18.1 Å². The highest BCUT2D eigenvalue weighted by molar-refractivity contribution is 7.92. The zero-order chi connectivity index (χ0) is 28.7. The average molecular weight is 574 g/mol. The third-order valence-electron chi connectivity index (χ3n) is 6.22. The summed E-state index contributed by atoms with van der Waals surface area (Å²) in [6, 6.07) is 16.9. The van der Waals surface area contributed by atoms with E-state index in [1.54, 1.807) is 55.5 Å². The van der Waals surface area contributed by atoms with Crippen molar-refractivity contribution < 1.29 is 27.5 Å². The van der Waals surface area contributed by atoms with E-state index in [0.717, 1.165) is 15.4 Å². The predicted molar refractivity (Wildman–Crippen MR) is 151 cm³/mol. The van der Waals surface area contributed by atoms with Gasteiger partial charge in [0.05, 0.1) is 24.8 Å². The Morgan fingerprint density at radius 3 is 2.18 bits per heavy atom. The number of benzene rings is 3. The lowest BCUT2D eigenvalue weighted by Crippen LogP contribution is -2.50. The number of carbonyl (C=O) groups is 2. The Hall–Kier alpha value is -3.76. The van der Waals surface area contributed by atoms with Gasteiger partial charge in [-0.3, -0.25) is 13.9 Å². The predicted octanol–water partition coefficient (Wildman–Crippen LogP) is 4.02. The summed E-state index contributed by atoms with van der Waals surface area (Å²) in [6.45, 7) is 2.88. The molecule has 39 heavy (non-hydrogen) atoms. The van der Waals surface area contributed by atoms with Gasteiger partial charge in [0.2, 0.25) is 11.8 Å². The van der Waals surface area contributed by atoms with Crippen LogP contribution in [-0.4, -0.2) is 59.0 Å². The van der Waals surface area contributed by atoms with Crippen LogP contribution in [0.2, 0.25) is 5.02 Å². The molecule has 11 heteroatoms. The Bertz CT molecular complexity index is 1410. The lowest BCUT2D eigenvalue weighted by Gasteiger charge is -2.32. The van der Waals surface area contributed by atoms with Gasteiger partial charge in [0, 0.05) is 24.7 Å². The van der Waals surface area contributed by atoms with Gasteiger partial charge in [-0.15, -0.1) is 0 Å². The third-order valence-corrected chi connectivity index (χ3v) is 8.25. The Kier molecular flexibility index (Phi) is 9.82. The molecule has 0 heterocycles. The number of aryl methyl sites for hydroxylation is 1. The van der Waals surface area contributed by atoms with Crippen molar-refractivity contribution in [3.05, 3.63) is 82.9 Å². The van der Waals surface area contributed by atoms with Crippen LogP contribution in [0.4, 0.5) is 5.69 Å². The highest BCUT2D eigenvalue weighted by atomic mass is 35.5. The summed E-state index contributed by atoms with van der Waals surface area (Å²) in [7, 11) is 0.0764. The number of likely N-dealkylation sites (N-methyl/N-ethyl adjacent to an activating group) is 1. The molecule has 0 fully saturated rings. The van der Waals surface area contributed by atoms with Crippen molar-refractivity contribution in [1.29, 1.82) is 0 Å². The number of methoxy groups -OCH3 is 2. The molecular weight excluding hydrogens is 542 g/mol. The number of hydrogen-bond acceptors (Lipinski definition) is 6. The minimum Gasteiger partial charge on any atom is -0.497 e. The first-order valence-corrected chi connectivity index (χ1v) is 13.9. The van der Waals surface area contributed by atoms with E-state index in [-0.39, 0.29) is 22.9 Å². The van der Waals surface area contributed by atoms with E-state index >= 15 is 0 Å². The zero-order valence-electron chi connectivity index (χ0n) is 22.5. The summed E-state index contributed by atoms with van der Waals surface area (Å²) in [6.07, 6.45) is 0. The normalized spacial score (nSPS) is 11.8. The summed E-state index contributed by atoms with van der Waals surface area (Å²) in [5.74, 6) is -0.396.